The lowest BCUT2D eigenvalue weighted by Gasteiger charge is -2.23. The Balaban J connectivity index is 3.37. The summed E-state index contributed by atoms with van der Waals surface area (Å²) in [4.78, 5) is 9.48. The van der Waals surface area contributed by atoms with Crippen LogP contribution in [-0.2, 0) is 5.41 Å². The second kappa shape index (κ2) is 6.17. The first-order valence-electron chi connectivity index (χ1n) is 6.63. The molecule has 1 N–H and O–H groups in total. The molecule has 18 heavy (non-hydrogen) atoms. The normalized spacial score (nSPS) is 13.5. The van der Waals surface area contributed by atoms with Gasteiger partial charge in [0.2, 0.25) is 0 Å². The summed E-state index contributed by atoms with van der Waals surface area (Å²) < 4.78 is 1.15. The molecule has 0 radical (unpaired) electrons. The van der Waals surface area contributed by atoms with Crippen LogP contribution in [-0.4, -0.2) is 16.5 Å². The fraction of sp³-hybridized carbons (Fsp3) is 0.714. The largest absolute Gasteiger partial charge is 0.369 e. The number of hydrogen-bond donors (Lipinski definition) is 1. The van der Waals surface area contributed by atoms with Crippen molar-refractivity contribution < 1.29 is 0 Å². The van der Waals surface area contributed by atoms with Crippen molar-refractivity contribution in [1.29, 1.82) is 0 Å². The topological polar surface area (TPSA) is 37.8 Å². The molecule has 1 atom stereocenters. The zero-order valence-corrected chi connectivity index (χ0v) is 14.4. The number of aromatic nitrogens is 2. The van der Waals surface area contributed by atoms with Crippen LogP contribution >= 0.6 is 22.6 Å². The molecule has 3 nitrogen and oxygen atoms in total. The van der Waals surface area contributed by atoms with Gasteiger partial charge in [-0.15, -0.1) is 0 Å². The van der Waals surface area contributed by atoms with Crippen LogP contribution in [0.2, 0.25) is 0 Å². The van der Waals surface area contributed by atoms with Crippen LogP contribution in [0.3, 0.4) is 0 Å². The lowest BCUT2D eigenvalue weighted by atomic mass is 9.91. The molecule has 0 spiro atoms. The zero-order valence-electron chi connectivity index (χ0n) is 12.3. The van der Waals surface area contributed by atoms with E-state index >= 15 is 0 Å². The second-order valence-electron chi connectivity index (χ2n) is 5.68. The zero-order chi connectivity index (χ0) is 13.9. The van der Waals surface area contributed by atoms with Crippen LogP contribution < -0.4 is 5.32 Å². The molecule has 0 aliphatic heterocycles. The van der Waals surface area contributed by atoms with Gasteiger partial charge in [-0.2, -0.15) is 0 Å². The summed E-state index contributed by atoms with van der Waals surface area (Å²) in [5.74, 6) is 2.34. The van der Waals surface area contributed by atoms with Gasteiger partial charge in [-0.3, -0.25) is 0 Å². The van der Waals surface area contributed by atoms with E-state index in [1.165, 1.54) is 0 Å². The maximum Gasteiger partial charge on any atom is 0.143 e. The van der Waals surface area contributed by atoms with Crippen molar-refractivity contribution in [3.63, 3.8) is 0 Å². The molecule has 1 heterocycles. The molecule has 1 aromatic rings. The highest BCUT2D eigenvalue weighted by Gasteiger charge is 2.24. The first-order chi connectivity index (χ1) is 8.31. The molecule has 1 aromatic heterocycles. The molecule has 0 fully saturated rings. The maximum atomic E-state index is 4.80. The average molecular weight is 361 g/mol. The maximum absolute atomic E-state index is 4.80. The van der Waals surface area contributed by atoms with Crippen molar-refractivity contribution in [1.82, 2.24) is 9.97 Å². The highest BCUT2D eigenvalue weighted by Crippen LogP contribution is 2.31. The van der Waals surface area contributed by atoms with Crippen molar-refractivity contribution in [3.05, 3.63) is 15.1 Å². The predicted octanol–water partition coefficient (Wildman–Crippen LogP) is 4.32. The molecule has 0 saturated carbocycles. The molecule has 0 aliphatic carbocycles. The van der Waals surface area contributed by atoms with Crippen molar-refractivity contribution >= 4 is 28.4 Å². The summed E-state index contributed by atoms with van der Waals surface area (Å²) in [5, 5.41) is 3.35. The third kappa shape index (κ3) is 3.56. The minimum atomic E-state index is 0.0475. The average Bonchev–Trinajstić information content (AvgIpc) is 2.29. The molecule has 4 heteroatoms. The number of halogens is 1. The quantitative estimate of drug-likeness (QED) is 0.812. The molecular weight excluding hydrogens is 337 g/mol. The minimum Gasteiger partial charge on any atom is -0.369 e. The second-order valence-corrected chi connectivity index (χ2v) is 6.76. The summed E-state index contributed by atoms with van der Waals surface area (Å²) >= 11 is 2.35. The number of nitrogens with zero attached hydrogens (tertiary/aromatic N) is 2. The van der Waals surface area contributed by atoms with Crippen molar-refractivity contribution in [2.45, 2.75) is 59.3 Å². The molecule has 1 rings (SSSR count). The van der Waals surface area contributed by atoms with Gasteiger partial charge < -0.3 is 5.32 Å². The molecule has 0 amide bonds. The molecular formula is C14H24IN3. The molecule has 0 aromatic carbocycles. The van der Waals surface area contributed by atoms with Crippen LogP contribution in [0.4, 0.5) is 5.82 Å². The fourth-order valence-electron chi connectivity index (χ4n) is 1.65. The van der Waals surface area contributed by atoms with Crippen molar-refractivity contribution in [2.75, 3.05) is 11.9 Å². The lowest BCUT2D eigenvalue weighted by Crippen LogP contribution is -2.20. The van der Waals surface area contributed by atoms with E-state index in [-0.39, 0.29) is 5.41 Å². The first-order valence-corrected chi connectivity index (χ1v) is 7.70. The van der Waals surface area contributed by atoms with Crippen LogP contribution in [0.25, 0.3) is 0 Å². The highest BCUT2D eigenvalue weighted by atomic mass is 127. The third-order valence-corrected chi connectivity index (χ3v) is 4.00. The van der Waals surface area contributed by atoms with E-state index in [2.05, 4.69) is 74.4 Å². The molecule has 0 bridgehead atoms. The van der Waals surface area contributed by atoms with Crippen LogP contribution in [0.5, 0.6) is 0 Å². The Morgan fingerprint density at radius 3 is 2.28 bits per heavy atom. The van der Waals surface area contributed by atoms with Crippen molar-refractivity contribution in [2.24, 2.45) is 0 Å². The van der Waals surface area contributed by atoms with E-state index in [0.29, 0.717) is 5.92 Å². The summed E-state index contributed by atoms with van der Waals surface area (Å²) in [6.07, 6.45) is 1.07. The summed E-state index contributed by atoms with van der Waals surface area (Å²) in [6.45, 7) is 13.9. The van der Waals surface area contributed by atoms with Gasteiger partial charge in [0.05, 0.1) is 9.26 Å². The van der Waals surface area contributed by atoms with Gasteiger partial charge >= 0.3 is 0 Å². The molecule has 0 saturated heterocycles. The van der Waals surface area contributed by atoms with E-state index in [1.54, 1.807) is 0 Å². The Labute approximate surface area is 124 Å². The van der Waals surface area contributed by atoms with Gasteiger partial charge in [-0.25, -0.2) is 9.97 Å². The van der Waals surface area contributed by atoms with Crippen LogP contribution in [0.15, 0.2) is 0 Å². The Morgan fingerprint density at radius 1 is 1.22 bits per heavy atom. The Morgan fingerprint density at radius 2 is 1.83 bits per heavy atom. The highest BCUT2D eigenvalue weighted by molar-refractivity contribution is 14.1. The third-order valence-electron chi connectivity index (χ3n) is 2.98. The summed E-state index contributed by atoms with van der Waals surface area (Å²) in [5.41, 5.74) is 1.19. The lowest BCUT2D eigenvalue weighted by molar-refractivity contribution is 0.549. The summed E-state index contributed by atoms with van der Waals surface area (Å²) in [7, 11) is 0. The summed E-state index contributed by atoms with van der Waals surface area (Å²) in [6, 6.07) is 0. The van der Waals surface area contributed by atoms with E-state index in [1.807, 2.05) is 0 Å². The van der Waals surface area contributed by atoms with Gasteiger partial charge in [0.25, 0.3) is 0 Å². The first kappa shape index (κ1) is 15.7. The number of hydrogen-bond acceptors (Lipinski definition) is 3. The smallest absolute Gasteiger partial charge is 0.143 e. The Bertz CT molecular complexity index is 410. The monoisotopic (exact) mass is 361 g/mol. The van der Waals surface area contributed by atoms with E-state index in [0.717, 1.165) is 33.9 Å². The predicted molar refractivity (Wildman–Crippen MR) is 86.3 cm³/mol. The van der Waals surface area contributed by atoms with Gasteiger partial charge in [-0.1, -0.05) is 34.6 Å². The van der Waals surface area contributed by atoms with Crippen LogP contribution in [0, 0.1) is 3.57 Å². The Kier molecular flexibility index (Phi) is 5.37. The molecule has 102 valence electrons. The van der Waals surface area contributed by atoms with Crippen molar-refractivity contribution in [3.8, 4) is 0 Å². The number of anilines is 1. The van der Waals surface area contributed by atoms with Gasteiger partial charge in [0.15, 0.2) is 0 Å². The van der Waals surface area contributed by atoms with E-state index < -0.39 is 0 Å². The van der Waals surface area contributed by atoms with E-state index in [4.69, 9.17) is 4.98 Å². The number of rotatable bonds is 4. The minimum absolute atomic E-state index is 0.0475. The fourth-order valence-corrected chi connectivity index (χ4v) is 2.89. The van der Waals surface area contributed by atoms with Gasteiger partial charge in [0, 0.05) is 17.9 Å². The standard InChI is InChI=1S/C14H24IN3/c1-7-9(3)12-17-11(14(4,5)6)10(15)13(18-12)16-8-2/h9H,7-8H2,1-6H3,(H,16,17,18). The molecule has 1 unspecified atom stereocenters. The SMILES string of the molecule is CCNc1nc(C(C)CC)nc(C(C)(C)C)c1I. The van der Waals surface area contributed by atoms with Gasteiger partial charge in [0.1, 0.15) is 11.6 Å². The number of nitrogens with one attached hydrogen (secondary N) is 1. The van der Waals surface area contributed by atoms with Crippen LogP contribution in [0.1, 0.15) is 65.4 Å². The Hall–Kier alpha value is -0.390. The molecule has 0 aliphatic rings. The van der Waals surface area contributed by atoms with E-state index in [9.17, 15) is 0 Å². The van der Waals surface area contributed by atoms with Gasteiger partial charge in [-0.05, 0) is 35.9 Å².